The summed E-state index contributed by atoms with van der Waals surface area (Å²) in [5, 5.41) is 8.99. The van der Waals surface area contributed by atoms with Gasteiger partial charge in [-0.2, -0.15) is 0 Å². The molecular formula is C23H23N5O3S. The van der Waals surface area contributed by atoms with Crippen molar-refractivity contribution >= 4 is 28.6 Å². The van der Waals surface area contributed by atoms with Gasteiger partial charge in [0.1, 0.15) is 12.4 Å². The van der Waals surface area contributed by atoms with Crippen LogP contribution in [0.1, 0.15) is 32.2 Å². The van der Waals surface area contributed by atoms with Crippen LogP contribution in [0.5, 0.6) is 0 Å². The zero-order chi connectivity index (χ0) is 22.9. The van der Waals surface area contributed by atoms with Gasteiger partial charge in [-0.25, -0.2) is 4.98 Å². The van der Waals surface area contributed by atoms with Gasteiger partial charge in [-0.1, -0.05) is 56.8 Å². The lowest BCUT2D eigenvalue weighted by Crippen LogP contribution is -2.31. The van der Waals surface area contributed by atoms with Crippen molar-refractivity contribution in [3.05, 3.63) is 70.3 Å². The maximum Gasteiger partial charge on any atom is 0.277 e. The fraction of sp³-hybridized carbons (Fsp3) is 0.261. The monoisotopic (exact) mass is 449 g/mol. The molecule has 2 N–H and O–H groups in total. The SMILES string of the molecule is CC(C)(C)c1ccc(-c2nnc(SCc3nc4ccccc4c(=O)n3CC(N)=O)o2)cc1. The summed E-state index contributed by atoms with van der Waals surface area (Å²) in [7, 11) is 0. The Kier molecular flexibility index (Phi) is 5.84. The molecule has 0 atom stereocenters. The summed E-state index contributed by atoms with van der Waals surface area (Å²) in [4.78, 5) is 28.9. The first kappa shape index (κ1) is 21.8. The van der Waals surface area contributed by atoms with Crippen molar-refractivity contribution in [1.82, 2.24) is 19.7 Å². The van der Waals surface area contributed by atoms with Crippen molar-refractivity contribution in [2.45, 2.75) is 43.7 Å². The number of aromatic nitrogens is 4. The predicted octanol–water partition coefficient (Wildman–Crippen LogP) is 3.52. The third-order valence-electron chi connectivity index (χ3n) is 4.98. The maximum absolute atomic E-state index is 12.8. The second-order valence-electron chi connectivity index (χ2n) is 8.39. The van der Waals surface area contributed by atoms with Gasteiger partial charge in [-0.3, -0.25) is 14.2 Å². The average molecular weight is 450 g/mol. The van der Waals surface area contributed by atoms with E-state index in [-0.39, 0.29) is 23.3 Å². The number of nitrogens with two attached hydrogens (primary N) is 1. The highest BCUT2D eigenvalue weighted by Gasteiger charge is 2.17. The van der Waals surface area contributed by atoms with Crippen LogP contribution < -0.4 is 11.3 Å². The summed E-state index contributed by atoms with van der Waals surface area (Å²) < 4.78 is 7.08. The normalized spacial score (nSPS) is 11.7. The molecule has 0 aliphatic rings. The van der Waals surface area contributed by atoms with Crippen LogP contribution in [0.4, 0.5) is 0 Å². The Bertz CT molecular complexity index is 1340. The van der Waals surface area contributed by atoms with Gasteiger partial charge in [-0.05, 0) is 35.2 Å². The van der Waals surface area contributed by atoms with Crippen LogP contribution in [-0.2, 0) is 22.5 Å². The molecule has 0 bridgehead atoms. The van der Waals surface area contributed by atoms with E-state index >= 15 is 0 Å². The summed E-state index contributed by atoms with van der Waals surface area (Å²) in [5.41, 5.74) is 7.69. The topological polar surface area (TPSA) is 117 Å². The van der Waals surface area contributed by atoms with Crippen molar-refractivity contribution < 1.29 is 9.21 Å². The first-order valence-electron chi connectivity index (χ1n) is 10.1. The first-order chi connectivity index (χ1) is 15.2. The van der Waals surface area contributed by atoms with Crippen LogP contribution in [0, 0.1) is 0 Å². The fourth-order valence-electron chi connectivity index (χ4n) is 3.27. The van der Waals surface area contributed by atoms with E-state index in [9.17, 15) is 9.59 Å². The van der Waals surface area contributed by atoms with Gasteiger partial charge in [0.25, 0.3) is 10.8 Å². The number of carbonyl (C=O) groups excluding carboxylic acids is 1. The number of para-hydroxylation sites is 1. The smallest absolute Gasteiger partial charge is 0.277 e. The largest absolute Gasteiger partial charge is 0.411 e. The van der Waals surface area contributed by atoms with Gasteiger partial charge in [-0.15, -0.1) is 10.2 Å². The molecule has 2 aromatic heterocycles. The zero-order valence-corrected chi connectivity index (χ0v) is 18.8. The standard InChI is InChI=1S/C23H23N5O3S/c1-23(2,3)15-10-8-14(9-11-15)20-26-27-22(31-20)32-13-19-25-17-7-5-4-6-16(17)21(30)28(19)12-18(24)29/h4-11H,12-13H2,1-3H3,(H2,24,29). The number of thioether (sulfide) groups is 1. The molecule has 0 saturated heterocycles. The summed E-state index contributed by atoms with van der Waals surface area (Å²) in [5.74, 6) is 0.466. The summed E-state index contributed by atoms with van der Waals surface area (Å²) >= 11 is 1.24. The lowest BCUT2D eigenvalue weighted by Gasteiger charge is -2.18. The molecule has 2 heterocycles. The minimum atomic E-state index is -0.616. The lowest BCUT2D eigenvalue weighted by atomic mass is 9.87. The molecule has 4 aromatic rings. The molecule has 0 unspecified atom stereocenters. The number of carbonyl (C=O) groups is 1. The molecule has 32 heavy (non-hydrogen) atoms. The van der Waals surface area contributed by atoms with Crippen molar-refractivity contribution in [2.75, 3.05) is 0 Å². The predicted molar refractivity (Wildman–Crippen MR) is 123 cm³/mol. The third kappa shape index (κ3) is 4.57. The first-order valence-corrected chi connectivity index (χ1v) is 11.0. The number of fused-ring (bicyclic) bond motifs is 1. The summed E-state index contributed by atoms with van der Waals surface area (Å²) in [6.07, 6.45) is 0. The highest BCUT2D eigenvalue weighted by molar-refractivity contribution is 7.98. The van der Waals surface area contributed by atoms with Crippen LogP contribution in [0.3, 0.4) is 0 Å². The van der Waals surface area contributed by atoms with Gasteiger partial charge in [0, 0.05) is 5.56 Å². The Morgan fingerprint density at radius 2 is 1.81 bits per heavy atom. The third-order valence-corrected chi connectivity index (χ3v) is 5.80. The molecule has 0 spiro atoms. The molecule has 4 rings (SSSR count). The van der Waals surface area contributed by atoms with Gasteiger partial charge in [0.05, 0.1) is 16.7 Å². The van der Waals surface area contributed by atoms with Gasteiger partial charge in [0.15, 0.2) is 0 Å². The minimum Gasteiger partial charge on any atom is -0.411 e. The second kappa shape index (κ2) is 8.58. The van der Waals surface area contributed by atoms with Gasteiger partial charge < -0.3 is 10.2 Å². The molecule has 164 valence electrons. The van der Waals surface area contributed by atoms with Crippen LogP contribution in [-0.4, -0.2) is 25.7 Å². The lowest BCUT2D eigenvalue weighted by molar-refractivity contribution is -0.118. The van der Waals surface area contributed by atoms with Crippen molar-refractivity contribution in [3.63, 3.8) is 0 Å². The van der Waals surface area contributed by atoms with Crippen LogP contribution in [0.2, 0.25) is 0 Å². The van der Waals surface area contributed by atoms with E-state index < -0.39 is 5.91 Å². The molecule has 0 aliphatic heterocycles. The van der Waals surface area contributed by atoms with Crippen LogP contribution in [0.15, 0.2) is 63.0 Å². The van der Waals surface area contributed by atoms with Gasteiger partial charge >= 0.3 is 0 Å². The zero-order valence-electron chi connectivity index (χ0n) is 18.0. The number of rotatable bonds is 6. The second-order valence-corrected chi connectivity index (χ2v) is 9.32. The highest BCUT2D eigenvalue weighted by Crippen LogP contribution is 2.28. The number of hydrogen-bond acceptors (Lipinski definition) is 7. The van der Waals surface area contributed by atoms with E-state index in [4.69, 9.17) is 10.2 Å². The molecular weight excluding hydrogens is 426 g/mol. The van der Waals surface area contributed by atoms with Gasteiger partial charge in [0.2, 0.25) is 11.8 Å². The number of nitrogens with zero attached hydrogens (tertiary/aromatic N) is 4. The number of hydrogen-bond donors (Lipinski definition) is 1. The molecule has 8 nitrogen and oxygen atoms in total. The van der Waals surface area contributed by atoms with E-state index in [2.05, 4.69) is 36.0 Å². The van der Waals surface area contributed by atoms with Crippen molar-refractivity contribution in [1.29, 1.82) is 0 Å². The fourth-order valence-corrected chi connectivity index (χ4v) is 3.98. The minimum absolute atomic E-state index is 0.0575. The molecule has 0 aliphatic carbocycles. The summed E-state index contributed by atoms with van der Waals surface area (Å²) in [6.45, 7) is 6.22. The van der Waals surface area contributed by atoms with Crippen LogP contribution in [0.25, 0.3) is 22.4 Å². The van der Waals surface area contributed by atoms with E-state index in [1.54, 1.807) is 24.3 Å². The molecule has 2 aromatic carbocycles. The average Bonchev–Trinajstić information content (AvgIpc) is 3.23. The van der Waals surface area contributed by atoms with Crippen molar-refractivity contribution in [3.8, 4) is 11.5 Å². The van der Waals surface area contributed by atoms with E-state index in [0.717, 1.165) is 5.56 Å². The number of benzene rings is 2. The molecule has 0 fully saturated rings. The quantitative estimate of drug-likeness (QED) is 0.448. The molecule has 0 saturated carbocycles. The number of primary amides is 1. The Morgan fingerprint density at radius 1 is 1.09 bits per heavy atom. The summed E-state index contributed by atoms with van der Waals surface area (Å²) in [6, 6.07) is 15.0. The Morgan fingerprint density at radius 3 is 2.50 bits per heavy atom. The number of amides is 1. The van der Waals surface area contributed by atoms with Crippen molar-refractivity contribution in [2.24, 2.45) is 5.73 Å². The van der Waals surface area contributed by atoms with E-state index in [0.29, 0.717) is 27.8 Å². The van der Waals surface area contributed by atoms with E-state index in [1.807, 2.05) is 24.3 Å². The Labute approximate surface area is 188 Å². The highest BCUT2D eigenvalue weighted by atomic mass is 32.2. The molecule has 1 amide bonds. The van der Waals surface area contributed by atoms with E-state index in [1.165, 1.54) is 21.9 Å². The Hall–Kier alpha value is -3.46. The molecule has 0 radical (unpaired) electrons. The molecule has 9 heteroatoms. The van der Waals surface area contributed by atoms with Crippen LogP contribution >= 0.6 is 11.8 Å². The maximum atomic E-state index is 12.8. The Balaban J connectivity index is 1.57.